The number of rotatable bonds is 3. The first kappa shape index (κ1) is 19.3. The second-order valence-corrected chi connectivity index (χ2v) is 8.94. The lowest BCUT2D eigenvalue weighted by molar-refractivity contribution is 0.0975. The van der Waals surface area contributed by atoms with Gasteiger partial charge in [0.25, 0.3) is 5.91 Å². The molecule has 1 unspecified atom stereocenters. The predicted molar refractivity (Wildman–Crippen MR) is 124 cm³/mol. The normalized spacial score (nSPS) is 23.0. The average molecular weight is 419 g/mol. The van der Waals surface area contributed by atoms with Gasteiger partial charge in [0.15, 0.2) is 5.11 Å². The number of H-pyrrole nitrogens is 1. The first-order valence-corrected chi connectivity index (χ1v) is 10.9. The molecular formula is C24H26N4OS. The Hall–Kier alpha value is -2.70. The number of nitrogens with zero attached hydrogens (tertiary/aromatic N) is 1. The van der Waals surface area contributed by atoms with Crippen molar-refractivity contribution in [2.75, 3.05) is 20.1 Å². The third-order valence-electron chi connectivity index (χ3n) is 6.63. The molecule has 1 aliphatic heterocycles. The highest BCUT2D eigenvalue weighted by molar-refractivity contribution is 7.80. The lowest BCUT2D eigenvalue weighted by Crippen LogP contribution is -2.51. The molecule has 6 heteroatoms. The number of aromatic amines is 1. The van der Waals surface area contributed by atoms with Gasteiger partial charge in [-0.1, -0.05) is 30.3 Å². The summed E-state index contributed by atoms with van der Waals surface area (Å²) in [5.41, 5.74) is 4.76. The smallest absolute Gasteiger partial charge is 0.257 e. The fourth-order valence-electron chi connectivity index (χ4n) is 5.25. The predicted octanol–water partition coefficient (Wildman–Crippen LogP) is 3.43. The van der Waals surface area contributed by atoms with Gasteiger partial charge in [-0.05, 0) is 67.4 Å². The van der Waals surface area contributed by atoms with E-state index in [-0.39, 0.29) is 5.91 Å². The lowest BCUT2D eigenvalue weighted by atomic mass is 9.72. The van der Waals surface area contributed by atoms with Crippen molar-refractivity contribution in [3.63, 3.8) is 0 Å². The molecule has 0 spiro atoms. The van der Waals surface area contributed by atoms with E-state index in [0.717, 1.165) is 25.9 Å². The van der Waals surface area contributed by atoms with Crippen LogP contribution in [-0.4, -0.2) is 47.1 Å². The van der Waals surface area contributed by atoms with Crippen LogP contribution in [0, 0.1) is 5.92 Å². The van der Waals surface area contributed by atoms with Crippen molar-refractivity contribution < 1.29 is 4.79 Å². The maximum atomic E-state index is 12.3. The van der Waals surface area contributed by atoms with Crippen LogP contribution in [0.5, 0.6) is 0 Å². The summed E-state index contributed by atoms with van der Waals surface area (Å²) in [6.45, 7) is 1.79. The van der Waals surface area contributed by atoms with Gasteiger partial charge in [-0.15, -0.1) is 0 Å². The van der Waals surface area contributed by atoms with Crippen molar-refractivity contribution in [3.05, 3.63) is 71.4 Å². The van der Waals surface area contributed by atoms with Crippen molar-refractivity contribution in [3.8, 4) is 0 Å². The van der Waals surface area contributed by atoms with Crippen molar-refractivity contribution in [1.29, 1.82) is 0 Å². The van der Waals surface area contributed by atoms with E-state index in [1.54, 1.807) is 12.1 Å². The summed E-state index contributed by atoms with van der Waals surface area (Å²) in [7, 11) is 2.23. The topological polar surface area (TPSA) is 60.2 Å². The molecule has 1 fully saturated rings. The lowest BCUT2D eigenvalue weighted by Gasteiger charge is -2.45. The molecular weight excluding hydrogens is 392 g/mol. The van der Waals surface area contributed by atoms with Crippen LogP contribution >= 0.6 is 12.2 Å². The van der Waals surface area contributed by atoms with E-state index >= 15 is 0 Å². The number of fused-ring (bicyclic) bond motifs is 2. The van der Waals surface area contributed by atoms with Gasteiger partial charge in [0.1, 0.15) is 0 Å². The molecule has 5 nitrogen and oxygen atoms in total. The van der Waals surface area contributed by atoms with Crippen molar-refractivity contribution in [1.82, 2.24) is 20.5 Å². The van der Waals surface area contributed by atoms with Gasteiger partial charge in [-0.2, -0.15) is 0 Å². The number of benzene rings is 2. The third kappa shape index (κ3) is 3.50. The van der Waals surface area contributed by atoms with Gasteiger partial charge in [0.05, 0.1) is 0 Å². The fourth-order valence-corrected chi connectivity index (χ4v) is 5.42. The number of amides is 1. The number of hydrogen-bond donors (Lipinski definition) is 3. The molecule has 3 aromatic rings. The van der Waals surface area contributed by atoms with Crippen molar-refractivity contribution in [2.24, 2.45) is 5.92 Å². The number of likely N-dealkylation sites (tertiary alicyclic amines) is 1. The van der Waals surface area contributed by atoms with E-state index in [9.17, 15) is 4.79 Å². The van der Waals surface area contributed by atoms with Crippen LogP contribution in [0.15, 0.2) is 54.7 Å². The van der Waals surface area contributed by atoms with E-state index in [0.29, 0.717) is 28.6 Å². The van der Waals surface area contributed by atoms with Gasteiger partial charge in [-0.25, -0.2) is 0 Å². The SMILES string of the molecule is CN1C[C@H](CNC(=S)NC(=O)c2ccccc2)CC2c3cccc4[nH]cc(c34)C[C@H]21. The maximum absolute atomic E-state index is 12.3. The monoisotopic (exact) mass is 418 g/mol. The largest absolute Gasteiger partial charge is 0.362 e. The van der Waals surface area contributed by atoms with Crippen LogP contribution in [0.1, 0.15) is 33.8 Å². The van der Waals surface area contributed by atoms with E-state index in [1.165, 1.54) is 22.0 Å². The Morgan fingerprint density at radius 2 is 2.03 bits per heavy atom. The minimum absolute atomic E-state index is 0.173. The molecule has 2 aromatic carbocycles. The number of piperidine rings is 1. The Morgan fingerprint density at radius 1 is 1.20 bits per heavy atom. The molecule has 0 radical (unpaired) electrons. The number of thiocarbonyl (C=S) groups is 1. The molecule has 1 amide bonds. The Labute approximate surface area is 181 Å². The summed E-state index contributed by atoms with van der Waals surface area (Å²) in [4.78, 5) is 18.2. The number of carbonyl (C=O) groups excluding carboxylic acids is 1. The van der Waals surface area contributed by atoms with E-state index in [1.807, 2.05) is 18.2 Å². The summed E-state index contributed by atoms with van der Waals surface area (Å²) >= 11 is 5.37. The van der Waals surface area contributed by atoms with Gasteiger partial charge in [0.2, 0.25) is 0 Å². The highest BCUT2D eigenvalue weighted by atomic mass is 32.1. The molecule has 0 saturated carbocycles. The maximum Gasteiger partial charge on any atom is 0.257 e. The molecule has 2 heterocycles. The first-order chi connectivity index (χ1) is 14.6. The molecule has 1 aromatic heterocycles. The summed E-state index contributed by atoms with van der Waals surface area (Å²) < 4.78 is 0. The number of hydrogen-bond acceptors (Lipinski definition) is 3. The zero-order valence-electron chi connectivity index (χ0n) is 17.0. The minimum atomic E-state index is -0.173. The van der Waals surface area contributed by atoms with Crippen LogP contribution in [0.3, 0.4) is 0 Å². The molecule has 5 rings (SSSR count). The second-order valence-electron chi connectivity index (χ2n) is 8.53. The van der Waals surface area contributed by atoms with E-state index in [2.05, 4.69) is 52.0 Å². The Balaban J connectivity index is 1.25. The number of carbonyl (C=O) groups is 1. The molecule has 1 aliphatic carbocycles. The van der Waals surface area contributed by atoms with Gasteiger partial charge in [-0.3, -0.25) is 10.1 Å². The zero-order chi connectivity index (χ0) is 20.7. The molecule has 30 heavy (non-hydrogen) atoms. The minimum Gasteiger partial charge on any atom is -0.362 e. The fraction of sp³-hybridized carbons (Fsp3) is 0.333. The Kier molecular flexibility index (Phi) is 5.05. The number of likely N-dealkylation sites (N-methyl/N-ethyl adjacent to an activating group) is 1. The number of aromatic nitrogens is 1. The highest BCUT2D eigenvalue weighted by Gasteiger charge is 2.39. The summed E-state index contributed by atoms with van der Waals surface area (Å²) in [5, 5.41) is 7.89. The molecule has 2 aliphatic rings. The molecule has 1 saturated heterocycles. The Morgan fingerprint density at radius 3 is 2.87 bits per heavy atom. The van der Waals surface area contributed by atoms with Gasteiger partial charge >= 0.3 is 0 Å². The van der Waals surface area contributed by atoms with Crippen LogP contribution < -0.4 is 10.6 Å². The first-order valence-electron chi connectivity index (χ1n) is 10.5. The van der Waals surface area contributed by atoms with Crippen molar-refractivity contribution in [2.45, 2.75) is 24.8 Å². The number of nitrogens with one attached hydrogen (secondary N) is 3. The average Bonchev–Trinajstić information content (AvgIpc) is 3.18. The standard InChI is InChI=1S/C24H26N4OS/c1-28-14-15(12-26-24(30)27-23(29)16-6-3-2-4-7-16)10-19-18-8-5-9-20-22(18)17(13-25-20)11-21(19)28/h2-9,13,15,19,21,25H,10-12,14H2,1H3,(H2,26,27,29,30)/t15-,19?,21+/m0/s1. The van der Waals surface area contributed by atoms with Gasteiger partial charge in [0, 0.05) is 47.7 Å². The zero-order valence-corrected chi connectivity index (χ0v) is 17.8. The molecule has 3 atom stereocenters. The third-order valence-corrected chi connectivity index (χ3v) is 6.87. The summed E-state index contributed by atoms with van der Waals surface area (Å²) in [5.74, 6) is 0.821. The molecule has 154 valence electrons. The Bertz CT molecular complexity index is 1090. The second kappa shape index (κ2) is 7.85. The van der Waals surface area contributed by atoms with E-state index in [4.69, 9.17) is 12.2 Å². The summed E-state index contributed by atoms with van der Waals surface area (Å²) in [6, 6.07) is 16.3. The van der Waals surface area contributed by atoms with Crippen LogP contribution in [0.4, 0.5) is 0 Å². The van der Waals surface area contributed by atoms with Crippen LogP contribution in [0.25, 0.3) is 10.9 Å². The molecule has 3 N–H and O–H groups in total. The van der Waals surface area contributed by atoms with Crippen molar-refractivity contribution >= 4 is 34.1 Å². The summed E-state index contributed by atoms with van der Waals surface area (Å²) in [6.07, 6.45) is 4.41. The van der Waals surface area contributed by atoms with Crippen LogP contribution in [0.2, 0.25) is 0 Å². The molecule has 0 bridgehead atoms. The van der Waals surface area contributed by atoms with E-state index < -0.39 is 0 Å². The highest BCUT2D eigenvalue weighted by Crippen LogP contribution is 2.44. The van der Waals surface area contributed by atoms with Crippen LogP contribution in [-0.2, 0) is 6.42 Å². The quantitative estimate of drug-likeness (QED) is 0.571. The van der Waals surface area contributed by atoms with Gasteiger partial charge < -0.3 is 15.2 Å².